The molecule has 0 atom stereocenters. The second kappa shape index (κ2) is 11.5. The minimum atomic E-state index is -1.04. The van der Waals surface area contributed by atoms with Crippen molar-refractivity contribution < 1.29 is 24.2 Å². The zero-order valence-corrected chi connectivity index (χ0v) is 19.9. The van der Waals surface area contributed by atoms with Gasteiger partial charge in [-0.2, -0.15) is 5.10 Å². The highest BCUT2D eigenvalue weighted by Gasteiger charge is 2.18. The summed E-state index contributed by atoms with van der Waals surface area (Å²) in [6.07, 6.45) is 1.26. The molecule has 4 N–H and O–H groups in total. The third kappa shape index (κ3) is 6.09. The number of phenols is 1. The Kier molecular flexibility index (Phi) is 7.75. The van der Waals surface area contributed by atoms with Crippen molar-refractivity contribution in [3.63, 3.8) is 0 Å². The molecule has 0 heterocycles. The van der Waals surface area contributed by atoms with Gasteiger partial charge in [0.15, 0.2) is 0 Å². The summed E-state index contributed by atoms with van der Waals surface area (Å²) < 4.78 is 5.39. The zero-order chi connectivity index (χ0) is 26.2. The maximum absolute atomic E-state index is 12.8. The van der Waals surface area contributed by atoms with Crippen molar-refractivity contribution in [2.24, 2.45) is 5.10 Å². The van der Waals surface area contributed by atoms with Gasteiger partial charge in [-0.15, -0.1) is 0 Å². The van der Waals surface area contributed by atoms with Crippen molar-refractivity contribution in [2.75, 3.05) is 17.2 Å². The van der Waals surface area contributed by atoms with Gasteiger partial charge in [-0.25, -0.2) is 5.43 Å². The standard InChI is InChI=1S/C28H24N4O5/c1-2-37-20-14-12-19(13-15-20)30-26(34)22-9-5-6-10-24(22)31-27(35)28(36)32-29-17-23-21-8-4-3-7-18(21)11-16-25(23)33/h3-17,33H,2H2,1H3,(H,30,34)(H,31,35)(H,32,36)/b29-17-. The summed E-state index contributed by atoms with van der Waals surface area (Å²) in [5.74, 6) is -1.87. The molecule has 0 aliphatic rings. The monoisotopic (exact) mass is 496 g/mol. The molecule has 9 nitrogen and oxygen atoms in total. The summed E-state index contributed by atoms with van der Waals surface area (Å²) in [4.78, 5) is 37.6. The van der Waals surface area contributed by atoms with Gasteiger partial charge in [-0.3, -0.25) is 14.4 Å². The predicted octanol–water partition coefficient (Wildman–Crippen LogP) is 4.29. The number of fused-ring (bicyclic) bond motifs is 1. The molecular weight excluding hydrogens is 472 g/mol. The number of anilines is 2. The molecule has 9 heteroatoms. The number of carbonyl (C=O) groups is 3. The minimum Gasteiger partial charge on any atom is -0.507 e. The SMILES string of the molecule is CCOc1ccc(NC(=O)c2ccccc2NC(=O)C(=O)N/N=C\c2c(O)ccc3ccccc23)cc1. The Balaban J connectivity index is 1.41. The predicted molar refractivity (Wildman–Crippen MR) is 142 cm³/mol. The maximum atomic E-state index is 12.8. The average molecular weight is 497 g/mol. The first kappa shape index (κ1) is 24.9. The number of hydrogen-bond donors (Lipinski definition) is 4. The molecule has 3 amide bonds. The summed E-state index contributed by atoms with van der Waals surface area (Å²) in [6, 6.07) is 23.8. The highest BCUT2D eigenvalue weighted by Crippen LogP contribution is 2.25. The Morgan fingerprint density at radius 1 is 0.865 bits per heavy atom. The molecule has 0 unspecified atom stereocenters. The number of benzene rings is 4. The van der Waals surface area contributed by atoms with E-state index >= 15 is 0 Å². The number of nitrogens with zero attached hydrogens (tertiary/aromatic N) is 1. The van der Waals surface area contributed by atoms with Crippen molar-refractivity contribution in [2.45, 2.75) is 6.92 Å². The van der Waals surface area contributed by atoms with E-state index in [2.05, 4.69) is 21.2 Å². The number of hydrazone groups is 1. The highest BCUT2D eigenvalue weighted by molar-refractivity contribution is 6.40. The molecular formula is C28H24N4O5. The maximum Gasteiger partial charge on any atom is 0.329 e. The molecule has 0 radical (unpaired) electrons. The first-order valence-electron chi connectivity index (χ1n) is 11.4. The normalized spacial score (nSPS) is 10.7. The molecule has 4 aromatic carbocycles. The first-order chi connectivity index (χ1) is 18.0. The average Bonchev–Trinajstić information content (AvgIpc) is 2.91. The van der Waals surface area contributed by atoms with Gasteiger partial charge in [0, 0.05) is 11.3 Å². The number of amides is 3. The lowest BCUT2D eigenvalue weighted by atomic mass is 10.0. The Morgan fingerprint density at radius 3 is 2.38 bits per heavy atom. The topological polar surface area (TPSA) is 129 Å². The minimum absolute atomic E-state index is 0.0198. The van der Waals surface area contributed by atoms with Gasteiger partial charge in [0.05, 0.1) is 24.1 Å². The third-order valence-electron chi connectivity index (χ3n) is 5.36. The Hall–Kier alpha value is -5.18. The van der Waals surface area contributed by atoms with Crippen molar-refractivity contribution >= 4 is 46.1 Å². The Labute approximate surface area is 212 Å². The van der Waals surface area contributed by atoms with E-state index in [1.54, 1.807) is 48.5 Å². The number of nitrogens with one attached hydrogen (secondary N) is 3. The van der Waals surface area contributed by atoms with E-state index in [1.165, 1.54) is 24.4 Å². The van der Waals surface area contributed by atoms with Gasteiger partial charge in [-0.1, -0.05) is 42.5 Å². The summed E-state index contributed by atoms with van der Waals surface area (Å²) in [5.41, 5.74) is 3.40. The largest absolute Gasteiger partial charge is 0.507 e. The van der Waals surface area contributed by atoms with Crippen LogP contribution in [0.1, 0.15) is 22.8 Å². The molecule has 4 aromatic rings. The van der Waals surface area contributed by atoms with Gasteiger partial charge in [0.2, 0.25) is 0 Å². The van der Waals surface area contributed by atoms with Crippen LogP contribution < -0.4 is 20.8 Å². The second-order valence-corrected chi connectivity index (χ2v) is 7.83. The molecule has 0 bridgehead atoms. The molecule has 0 fully saturated rings. The second-order valence-electron chi connectivity index (χ2n) is 7.83. The van der Waals surface area contributed by atoms with Crippen LogP contribution in [0.15, 0.2) is 90.0 Å². The molecule has 0 saturated carbocycles. The van der Waals surface area contributed by atoms with Crippen LogP contribution in [0.2, 0.25) is 0 Å². The number of carbonyl (C=O) groups excluding carboxylic acids is 3. The van der Waals surface area contributed by atoms with Crippen LogP contribution in [0.25, 0.3) is 10.8 Å². The van der Waals surface area contributed by atoms with Gasteiger partial charge >= 0.3 is 11.8 Å². The van der Waals surface area contributed by atoms with Crippen molar-refractivity contribution in [1.82, 2.24) is 5.43 Å². The van der Waals surface area contributed by atoms with Crippen LogP contribution in [0, 0.1) is 0 Å². The van der Waals surface area contributed by atoms with Crippen LogP contribution in [-0.2, 0) is 9.59 Å². The molecule has 186 valence electrons. The fraction of sp³-hybridized carbons (Fsp3) is 0.0714. The quantitative estimate of drug-likeness (QED) is 0.172. The summed E-state index contributed by atoms with van der Waals surface area (Å²) in [7, 11) is 0. The van der Waals surface area contributed by atoms with Crippen molar-refractivity contribution in [1.29, 1.82) is 0 Å². The highest BCUT2D eigenvalue weighted by atomic mass is 16.5. The smallest absolute Gasteiger partial charge is 0.329 e. The molecule has 37 heavy (non-hydrogen) atoms. The molecule has 0 saturated heterocycles. The van der Waals surface area contributed by atoms with E-state index in [0.29, 0.717) is 23.6 Å². The lowest BCUT2D eigenvalue weighted by molar-refractivity contribution is -0.136. The summed E-state index contributed by atoms with van der Waals surface area (Å²) in [6.45, 7) is 2.41. The first-order valence-corrected chi connectivity index (χ1v) is 11.4. The number of aromatic hydroxyl groups is 1. The van der Waals surface area contributed by atoms with Gasteiger partial charge in [0.1, 0.15) is 11.5 Å². The number of para-hydroxylation sites is 1. The fourth-order valence-electron chi connectivity index (χ4n) is 3.59. The van der Waals surface area contributed by atoms with Gasteiger partial charge < -0.3 is 20.5 Å². The van der Waals surface area contributed by atoms with Crippen molar-refractivity contribution in [3.8, 4) is 11.5 Å². The van der Waals surface area contributed by atoms with E-state index in [9.17, 15) is 19.5 Å². The van der Waals surface area contributed by atoms with Gasteiger partial charge in [-0.05, 0) is 60.2 Å². The van der Waals surface area contributed by atoms with Gasteiger partial charge in [0.25, 0.3) is 5.91 Å². The van der Waals surface area contributed by atoms with E-state index in [1.807, 2.05) is 25.1 Å². The molecule has 0 aliphatic carbocycles. The van der Waals surface area contributed by atoms with Crippen LogP contribution >= 0.6 is 0 Å². The molecule has 0 spiro atoms. The summed E-state index contributed by atoms with van der Waals surface area (Å²) in [5, 5.41) is 20.8. The number of ether oxygens (including phenoxy) is 1. The van der Waals surface area contributed by atoms with Crippen molar-refractivity contribution in [3.05, 3.63) is 96.1 Å². The lowest BCUT2D eigenvalue weighted by Gasteiger charge is -2.11. The van der Waals surface area contributed by atoms with E-state index in [0.717, 1.165) is 10.8 Å². The number of phenolic OH excluding ortho intramolecular Hbond substituents is 1. The van der Waals surface area contributed by atoms with Crippen LogP contribution in [0.4, 0.5) is 11.4 Å². The third-order valence-corrected chi connectivity index (χ3v) is 5.36. The Bertz CT molecular complexity index is 1480. The zero-order valence-electron chi connectivity index (χ0n) is 19.9. The van der Waals surface area contributed by atoms with E-state index < -0.39 is 17.7 Å². The molecule has 4 rings (SSSR count). The number of rotatable bonds is 7. The van der Waals surface area contributed by atoms with E-state index in [4.69, 9.17) is 4.74 Å². The molecule has 0 aromatic heterocycles. The Morgan fingerprint density at radius 2 is 1.59 bits per heavy atom. The number of hydrogen-bond acceptors (Lipinski definition) is 6. The summed E-state index contributed by atoms with van der Waals surface area (Å²) >= 11 is 0. The fourth-order valence-corrected chi connectivity index (χ4v) is 3.59. The van der Waals surface area contributed by atoms with Crippen LogP contribution in [-0.4, -0.2) is 35.6 Å². The van der Waals surface area contributed by atoms with E-state index in [-0.39, 0.29) is 17.0 Å². The lowest BCUT2D eigenvalue weighted by Crippen LogP contribution is -2.33. The van der Waals surface area contributed by atoms with Crippen LogP contribution in [0.3, 0.4) is 0 Å². The van der Waals surface area contributed by atoms with Crippen LogP contribution in [0.5, 0.6) is 11.5 Å². The molecule has 0 aliphatic heterocycles.